The fourth-order valence-electron chi connectivity index (χ4n) is 0.510. The Hall–Kier alpha value is 0.490. The van der Waals surface area contributed by atoms with E-state index in [-0.39, 0.29) is 0 Å². The molecule has 0 atom stereocenters. The van der Waals surface area contributed by atoms with Crippen molar-refractivity contribution < 1.29 is 13.2 Å². The van der Waals surface area contributed by atoms with Crippen LogP contribution in [0.3, 0.4) is 0 Å². The molecule has 0 unspecified atom stereocenters. The lowest BCUT2D eigenvalue weighted by molar-refractivity contribution is 0.198. The summed E-state index contributed by atoms with van der Waals surface area (Å²) in [5, 5.41) is 0. The van der Waals surface area contributed by atoms with Crippen LogP contribution in [-0.2, 0) is 13.0 Å². The molecule has 10 heavy (non-hydrogen) atoms. The van der Waals surface area contributed by atoms with Gasteiger partial charge in [-0.1, -0.05) is 0 Å². The van der Waals surface area contributed by atoms with Crippen molar-refractivity contribution in [3.8, 4) is 0 Å². The van der Waals surface area contributed by atoms with E-state index >= 15 is 0 Å². The third-order valence-electron chi connectivity index (χ3n) is 0.827. The molecule has 6 heteroatoms. The lowest BCUT2D eigenvalue weighted by Gasteiger charge is -1.76. The first-order valence-electron chi connectivity index (χ1n) is 2.72. The lowest BCUT2D eigenvalue weighted by Crippen LogP contribution is -1.74. The van der Waals surface area contributed by atoms with Crippen molar-refractivity contribution in [2.75, 3.05) is 13.2 Å². The zero-order valence-electron chi connectivity index (χ0n) is 5.22. The van der Waals surface area contributed by atoms with Gasteiger partial charge in [-0.3, -0.25) is 0 Å². The van der Waals surface area contributed by atoms with Gasteiger partial charge in [0.15, 0.2) is 0 Å². The van der Waals surface area contributed by atoms with Gasteiger partial charge < -0.3 is 4.74 Å². The summed E-state index contributed by atoms with van der Waals surface area (Å²) >= 11 is 0. The molecular formula is C4H8Cl2O3S. The summed E-state index contributed by atoms with van der Waals surface area (Å²) in [5.74, 6) is 0. The number of ether oxygens (including phenoxy) is 1. The molecule has 0 N–H and O–H groups in total. The summed E-state index contributed by atoms with van der Waals surface area (Å²) in [6, 6.07) is 0. The van der Waals surface area contributed by atoms with Gasteiger partial charge in [-0.05, 0) is 12.8 Å². The fraction of sp³-hybridized carbons (Fsp3) is 1.00. The normalized spacial score (nSPS) is 17.8. The van der Waals surface area contributed by atoms with Crippen molar-refractivity contribution in [2.24, 2.45) is 0 Å². The first-order valence-corrected chi connectivity index (χ1v) is 5.85. The van der Waals surface area contributed by atoms with E-state index < -0.39 is 8.26 Å². The molecule has 0 aromatic heterocycles. The first-order chi connectivity index (χ1) is 4.50. The summed E-state index contributed by atoms with van der Waals surface area (Å²) in [5.41, 5.74) is 0. The quantitative estimate of drug-likeness (QED) is 0.565. The highest BCUT2D eigenvalue weighted by Crippen LogP contribution is 1.98. The van der Waals surface area contributed by atoms with Crippen molar-refractivity contribution in [1.29, 1.82) is 0 Å². The van der Waals surface area contributed by atoms with Gasteiger partial charge >= 0.3 is 8.26 Å². The van der Waals surface area contributed by atoms with Crippen molar-refractivity contribution in [2.45, 2.75) is 12.8 Å². The van der Waals surface area contributed by atoms with E-state index in [0.29, 0.717) is 0 Å². The Balaban J connectivity index is 0.000000162. The average molecular weight is 207 g/mol. The molecule has 1 aliphatic rings. The van der Waals surface area contributed by atoms with Crippen molar-refractivity contribution in [1.82, 2.24) is 0 Å². The molecule has 0 spiro atoms. The summed E-state index contributed by atoms with van der Waals surface area (Å²) in [7, 11) is 4.81. The molecule has 0 bridgehead atoms. The molecule has 0 aliphatic carbocycles. The molecular weight excluding hydrogens is 199 g/mol. The first kappa shape index (κ1) is 10.5. The van der Waals surface area contributed by atoms with E-state index in [2.05, 4.69) is 21.4 Å². The molecule has 1 saturated heterocycles. The third-order valence-corrected chi connectivity index (χ3v) is 0.827. The third kappa shape index (κ3) is 15.8. The summed E-state index contributed by atoms with van der Waals surface area (Å²) < 4.78 is 23.3. The Bertz CT molecular complexity index is 146. The molecule has 1 aliphatic heterocycles. The lowest BCUT2D eigenvalue weighted by atomic mass is 10.4. The maximum atomic E-state index is 9.16. The van der Waals surface area contributed by atoms with Crippen LogP contribution in [0.15, 0.2) is 0 Å². The van der Waals surface area contributed by atoms with Gasteiger partial charge in [0.2, 0.25) is 0 Å². The Morgan fingerprint density at radius 3 is 1.50 bits per heavy atom. The number of halogens is 2. The second kappa shape index (κ2) is 5.18. The minimum atomic E-state index is -3.72. The van der Waals surface area contributed by atoms with Gasteiger partial charge in [0.05, 0.1) is 0 Å². The molecule has 1 fully saturated rings. The van der Waals surface area contributed by atoms with Gasteiger partial charge in [-0.15, -0.1) is 0 Å². The maximum absolute atomic E-state index is 9.16. The fourth-order valence-corrected chi connectivity index (χ4v) is 0.510. The number of rotatable bonds is 0. The van der Waals surface area contributed by atoms with Gasteiger partial charge in [0, 0.05) is 34.6 Å². The molecule has 1 heterocycles. The molecule has 1 rings (SSSR count). The van der Waals surface area contributed by atoms with Crippen LogP contribution in [0.4, 0.5) is 0 Å². The van der Waals surface area contributed by atoms with Crippen molar-refractivity contribution in [3.63, 3.8) is 0 Å². The Kier molecular flexibility index (Phi) is 5.44. The van der Waals surface area contributed by atoms with Gasteiger partial charge in [0.25, 0.3) is 0 Å². The van der Waals surface area contributed by atoms with Crippen LogP contribution < -0.4 is 0 Å². The molecule has 0 saturated carbocycles. The highest BCUT2D eigenvalue weighted by Gasteiger charge is 1.94. The molecule has 3 nitrogen and oxygen atoms in total. The second-order valence-electron chi connectivity index (χ2n) is 1.70. The average Bonchev–Trinajstić information content (AvgIpc) is 2.07. The van der Waals surface area contributed by atoms with Crippen LogP contribution in [0.5, 0.6) is 0 Å². The topological polar surface area (TPSA) is 43.4 Å². The smallest absolute Gasteiger partial charge is 0.317 e. The predicted molar refractivity (Wildman–Crippen MR) is 40.7 cm³/mol. The van der Waals surface area contributed by atoms with Gasteiger partial charge in [-0.2, -0.15) is 8.42 Å². The van der Waals surface area contributed by atoms with Gasteiger partial charge in [-0.25, -0.2) is 0 Å². The standard InChI is InChI=1S/C4H8O.Cl2O2S/c1-2-4-5-3-1;1-5(2,3)4/h1-4H2;. The zero-order chi connectivity index (χ0) is 8.04. The Morgan fingerprint density at radius 2 is 1.40 bits per heavy atom. The summed E-state index contributed by atoms with van der Waals surface area (Å²) in [6.07, 6.45) is 2.56. The van der Waals surface area contributed by atoms with E-state index in [9.17, 15) is 0 Å². The van der Waals surface area contributed by atoms with Gasteiger partial charge in [0.1, 0.15) is 0 Å². The van der Waals surface area contributed by atoms with E-state index in [1.165, 1.54) is 12.8 Å². The Morgan fingerprint density at radius 1 is 1.10 bits per heavy atom. The van der Waals surface area contributed by atoms with E-state index in [0.717, 1.165) is 13.2 Å². The van der Waals surface area contributed by atoms with Crippen molar-refractivity contribution >= 4 is 29.6 Å². The van der Waals surface area contributed by atoms with Crippen LogP contribution >= 0.6 is 21.4 Å². The SMILES string of the molecule is C1CCOC1.O=S(=O)(Cl)Cl. The van der Waals surface area contributed by atoms with E-state index in [4.69, 9.17) is 13.2 Å². The monoisotopic (exact) mass is 206 g/mol. The minimum Gasteiger partial charge on any atom is -0.381 e. The van der Waals surface area contributed by atoms with E-state index in [1.807, 2.05) is 0 Å². The molecule has 0 aromatic carbocycles. The van der Waals surface area contributed by atoms with Crippen LogP contribution in [-0.4, -0.2) is 21.6 Å². The molecule has 0 aromatic rings. The second-order valence-corrected chi connectivity index (χ2v) is 5.37. The zero-order valence-corrected chi connectivity index (χ0v) is 7.55. The van der Waals surface area contributed by atoms with Crippen LogP contribution in [0.2, 0.25) is 0 Å². The number of hydrogen-bond donors (Lipinski definition) is 0. The summed E-state index contributed by atoms with van der Waals surface area (Å²) in [6.45, 7) is 2.00. The largest absolute Gasteiger partial charge is 0.381 e. The highest BCUT2D eigenvalue weighted by molar-refractivity contribution is 8.31. The van der Waals surface area contributed by atoms with Crippen LogP contribution in [0.1, 0.15) is 12.8 Å². The van der Waals surface area contributed by atoms with Crippen LogP contribution in [0, 0.1) is 0 Å². The molecule has 0 amide bonds. The van der Waals surface area contributed by atoms with E-state index in [1.54, 1.807) is 0 Å². The predicted octanol–water partition coefficient (Wildman–Crippen LogP) is 1.51. The molecule has 0 radical (unpaired) electrons. The minimum absolute atomic E-state index is 1.00. The van der Waals surface area contributed by atoms with Crippen molar-refractivity contribution in [3.05, 3.63) is 0 Å². The number of hydrogen-bond acceptors (Lipinski definition) is 3. The van der Waals surface area contributed by atoms with Crippen LogP contribution in [0.25, 0.3) is 0 Å². The highest BCUT2D eigenvalue weighted by atomic mass is 36.0. The maximum Gasteiger partial charge on any atom is 0.317 e. The summed E-state index contributed by atoms with van der Waals surface area (Å²) in [4.78, 5) is 0. The Labute approximate surface area is 69.2 Å². The molecule has 62 valence electrons.